The van der Waals surface area contributed by atoms with Crippen LogP contribution >= 0.6 is 0 Å². The molecule has 0 saturated heterocycles. The maximum atomic E-state index is 12.3. The van der Waals surface area contributed by atoms with E-state index in [0.29, 0.717) is 13.0 Å². The summed E-state index contributed by atoms with van der Waals surface area (Å²) in [4.78, 5) is 17.2. The van der Waals surface area contributed by atoms with Crippen LogP contribution in [0.3, 0.4) is 0 Å². The summed E-state index contributed by atoms with van der Waals surface area (Å²) in [5.74, 6) is 0.140. The molecule has 0 saturated carbocycles. The lowest BCUT2D eigenvalue weighted by Gasteiger charge is -2.46. The number of amides is 1. The molecule has 0 radical (unpaired) electrons. The maximum absolute atomic E-state index is 12.3. The zero-order valence-corrected chi connectivity index (χ0v) is 19.1. The molecule has 0 heterocycles. The second-order valence-electron chi connectivity index (χ2n) is 11.1. The predicted octanol–water partition coefficient (Wildman–Crippen LogP) is 4.29. The van der Waals surface area contributed by atoms with Crippen molar-refractivity contribution in [1.29, 1.82) is 0 Å². The summed E-state index contributed by atoms with van der Waals surface area (Å²) in [6.45, 7) is 28.9. The van der Waals surface area contributed by atoms with E-state index in [2.05, 4.69) is 98.2 Å². The zero-order valence-electron chi connectivity index (χ0n) is 19.1. The summed E-state index contributed by atoms with van der Waals surface area (Å²) in [5.41, 5.74) is 0.262. The van der Waals surface area contributed by atoms with Crippen LogP contribution < -0.4 is 5.32 Å². The minimum Gasteiger partial charge on any atom is -0.355 e. The highest BCUT2D eigenvalue weighted by Gasteiger charge is 2.32. The Morgan fingerprint density at radius 2 is 0.960 bits per heavy atom. The number of nitrogens with one attached hydrogen (secondary N) is 1. The van der Waals surface area contributed by atoms with Crippen molar-refractivity contribution in [2.45, 2.75) is 112 Å². The molecule has 0 aromatic heterocycles. The van der Waals surface area contributed by atoms with Crippen LogP contribution in [-0.2, 0) is 4.79 Å². The smallest absolute Gasteiger partial charge is 0.221 e. The molecule has 0 aromatic rings. The van der Waals surface area contributed by atoms with Crippen molar-refractivity contribution in [2.24, 2.45) is 0 Å². The van der Waals surface area contributed by atoms with Gasteiger partial charge in [-0.15, -0.1) is 0 Å². The normalized spacial score (nSPS) is 14.3. The number of hydrogen-bond donors (Lipinski definition) is 1. The van der Waals surface area contributed by atoms with E-state index in [9.17, 15) is 4.79 Å². The minimum atomic E-state index is 0.0494. The highest BCUT2D eigenvalue weighted by Crippen LogP contribution is 2.25. The van der Waals surface area contributed by atoms with E-state index in [1.807, 2.05) is 0 Å². The first-order valence-electron chi connectivity index (χ1n) is 9.69. The fraction of sp³-hybridized carbons (Fsp3) is 0.952. The second kappa shape index (κ2) is 8.39. The first-order chi connectivity index (χ1) is 10.9. The van der Waals surface area contributed by atoms with Crippen LogP contribution in [0, 0.1) is 0 Å². The summed E-state index contributed by atoms with van der Waals surface area (Å²) in [6, 6.07) is 0. The summed E-state index contributed by atoms with van der Waals surface area (Å²) < 4.78 is 0. The first-order valence-corrected chi connectivity index (χ1v) is 9.69. The summed E-state index contributed by atoms with van der Waals surface area (Å²) in [7, 11) is 0. The Balaban J connectivity index is 4.58. The average Bonchev–Trinajstić information content (AvgIpc) is 2.27. The molecule has 0 aliphatic carbocycles. The molecule has 0 aliphatic rings. The third kappa shape index (κ3) is 9.05. The Kier molecular flexibility index (Phi) is 8.18. The SMILES string of the molecule is CC(C)(C)N(CCNC(=O)CCN(C(C)(C)C)C(C)(C)C)C(C)(C)C. The van der Waals surface area contributed by atoms with E-state index in [0.717, 1.165) is 13.1 Å². The zero-order chi connectivity index (χ0) is 20.3. The maximum Gasteiger partial charge on any atom is 0.221 e. The topological polar surface area (TPSA) is 35.6 Å². The quantitative estimate of drug-likeness (QED) is 0.772. The van der Waals surface area contributed by atoms with Crippen LogP contribution in [0.15, 0.2) is 0 Å². The molecule has 0 unspecified atom stereocenters. The molecule has 0 aliphatic heterocycles. The van der Waals surface area contributed by atoms with E-state index in [-0.39, 0.29) is 28.1 Å². The number of carbonyl (C=O) groups excluding carboxylic acids is 1. The van der Waals surface area contributed by atoms with E-state index < -0.39 is 0 Å². The van der Waals surface area contributed by atoms with Crippen molar-refractivity contribution in [1.82, 2.24) is 15.1 Å². The highest BCUT2D eigenvalue weighted by atomic mass is 16.1. The minimum absolute atomic E-state index is 0.0494. The lowest BCUT2D eigenvalue weighted by Crippen LogP contribution is -2.55. The molecule has 1 amide bonds. The molecule has 0 spiro atoms. The van der Waals surface area contributed by atoms with E-state index in [1.54, 1.807) is 0 Å². The highest BCUT2D eigenvalue weighted by molar-refractivity contribution is 5.76. The lowest BCUT2D eigenvalue weighted by molar-refractivity contribution is -0.122. The largest absolute Gasteiger partial charge is 0.355 e. The molecule has 1 N–H and O–H groups in total. The van der Waals surface area contributed by atoms with Gasteiger partial charge in [0.15, 0.2) is 0 Å². The van der Waals surface area contributed by atoms with Crippen molar-refractivity contribution in [2.75, 3.05) is 19.6 Å². The fourth-order valence-corrected chi connectivity index (χ4v) is 3.96. The molecular formula is C21H45N3O. The molecular weight excluding hydrogens is 310 g/mol. The number of hydrogen-bond acceptors (Lipinski definition) is 3. The molecule has 0 atom stereocenters. The van der Waals surface area contributed by atoms with Crippen LogP contribution in [0.5, 0.6) is 0 Å². The number of nitrogens with zero attached hydrogens (tertiary/aromatic N) is 2. The van der Waals surface area contributed by atoms with Gasteiger partial charge in [0.05, 0.1) is 0 Å². The Hall–Kier alpha value is -0.610. The van der Waals surface area contributed by atoms with Crippen LogP contribution in [0.25, 0.3) is 0 Å². The summed E-state index contributed by atoms with van der Waals surface area (Å²) in [5, 5.41) is 3.11. The van der Waals surface area contributed by atoms with Crippen LogP contribution in [0.4, 0.5) is 0 Å². The van der Waals surface area contributed by atoms with Crippen molar-refractivity contribution < 1.29 is 4.79 Å². The van der Waals surface area contributed by atoms with Crippen molar-refractivity contribution in [3.05, 3.63) is 0 Å². The molecule has 25 heavy (non-hydrogen) atoms. The molecule has 0 aromatic carbocycles. The Morgan fingerprint density at radius 3 is 1.28 bits per heavy atom. The van der Waals surface area contributed by atoms with Gasteiger partial charge in [0.1, 0.15) is 0 Å². The van der Waals surface area contributed by atoms with Crippen LogP contribution in [0.2, 0.25) is 0 Å². The van der Waals surface area contributed by atoms with Gasteiger partial charge in [-0.2, -0.15) is 0 Å². The van der Waals surface area contributed by atoms with Gasteiger partial charge in [-0.3, -0.25) is 14.6 Å². The van der Waals surface area contributed by atoms with Gasteiger partial charge in [0.2, 0.25) is 5.91 Å². The summed E-state index contributed by atoms with van der Waals surface area (Å²) >= 11 is 0. The van der Waals surface area contributed by atoms with Gasteiger partial charge in [0.25, 0.3) is 0 Å². The van der Waals surface area contributed by atoms with Gasteiger partial charge in [-0.1, -0.05) is 0 Å². The van der Waals surface area contributed by atoms with Gasteiger partial charge in [0, 0.05) is 48.2 Å². The fourth-order valence-electron chi connectivity index (χ4n) is 3.96. The standard InChI is InChI=1S/C21H45N3O/c1-18(2,3)23(19(4,5)6)15-13-17(25)22-14-16-24(20(7,8)9)21(10,11)12/h13-16H2,1-12H3,(H,22,25). The predicted molar refractivity (Wildman–Crippen MR) is 110 cm³/mol. The van der Waals surface area contributed by atoms with Gasteiger partial charge in [-0.05, 0) is 83.1 Å². The third-order valence-corrected chi connectivity index (χ3v) is 4.46. The second-order valence-corrected chi connectivity index (χ2v) is 11.1. The van der Waals surface area contributed by atoms with Crippen LogP contribution in [0.1, 0.15) is 89.5 Å². The van der Waals surface area contributed by atoms with E-state index in [4.69, 9.17) is 0 Å². The first kappa shape index (κ1) is 24.4. The Labute approximate surface area is 157 Å². The third-order valence-electron chi connectivity index (χ3n) is 4.46. The lowest BCUT2D eigenvalue weighted by atomic mass is 9.95. The molecule has 4 nitrogen and oxygen atoms in total. The van der Waals surface area contributed by atoms with E-state index >= 15 is 0 Å². The Morgan fingerprint density at radius 1 is 0.640 bits per heavy atom. The molecule has 0 rings (SSSR count). The monoisotopic (exact) mass is 355 g/mol. The van der Waals surface area contributed by atoms with Crippen molar-refractivity contribution in [3.63, 3.8) is 0 Å². The van der Waals surface area contributed by atoms with E-state index in [1.165, 1.54) is 0 Å². The van der Waals surface area contributed by atoms with Crippen molar-refractivity contribution >= 4 is 5.91 Å². The van der Waals surface area contributed by atoms with Gasteiger partial charge < -0.3 is 5.32 Å². The molecule has 0 bridgehead atoms. The van der Waals surface area contributed by atoms with Gasteiger partial charge >= 0.3 is 0 Å². The Bertz CT molecular complexity index is 388. The number of carbonyl (C=O) groups is 1. The van der Waals surface area contributed by atoms with Crippen molar-refractivity contribution in [3.8, 4) is 0 Å². The molecule has 150 valence electrons. The molecule has 4 heteroatoms. The van der Waals surface area contributed by atoms with Gasteiger partial charge in [-0.25, -0.2) is 0 Å². The summed E-state index contributed by atoms with van der Waals surface area (Å²) in [6.07, 6.45) is 0.541. The molecule has 0 fully saturated rings. The van der Waals surface area contributed by atoms with Crippen LogP contribution in [-0.4, -0.2) is 57.5 Å². The average molecular weight is 356 g/mol. The number of rotatable bonds is 6.